The van der Waals surface area contributed by atoms with Crippen molar-refractivity contribution in [3.8, 4) is 17.0 Å². The lowest BCUT2D eigenvalue weighted by molar-refractivity contribution is -0.137. The average Bonchev–Trinajstić information content (AvgIpc) is 2.72. The largest absolute Gasteiger partial charge is 0.508 e. The Morgan fingerprint density at radius 3 is 2.48 bits per heavy atom. The molecule has 1 aromatic carbocycles. The maximum atomic E-state index is 11.5. The molecule has 0 radical (unpaired) electrons. The van der Waals surface area contributed by atoms with E-state index in [9.17, 15) is 9.90 Å². The summed E-state index contributed by atoms with van der Waals surface area (Å²) in [6, 6.07) is 7.61. The van der Waals surface area contributed by atoms with Gasteiger partial charge in [-0.3, -0.25) is 4.98 Å². The van der Waals surface area contributed by atoms with E-state index in [4.69, 9.17) is 16.3 Å². The number of aromatic hydroxyl groups is 1. The van der Waals surface area contributed by atoms with Crippen molar-refractivity contribution in [2.45, 2.75) is 50.9 Å². The van der Waals surface area contributed by atoms with Crippen LogP contribution < -0.4 is 0 Å². The molecule has 31 heavy (non-hydrogen) atoms. The molecule has 0 amide bonds. The van der Waals surface area contributed by atoms with Crippen molar-refractivity contribution in [2.75, 3.05) is 6.61 Å². The van der Waals surface area contributed by atoms with Gasteiger partial charge in [-0.05, 0) is 105 Å². The lowest BCUT2D eigenvalue weighted by atomic mass is 9.48. The fourth-order valence-corrected chi connectivity index (χ4v) is 6.94. The molecule has 0 atom stereocenters. The number of hydrogen-bond donors (Lipinski definition) is 1. The Balaban J connectivity index is 1.45. The Kier molecular flexibility index (Phi) is 5.29. The van der Waals surface area contributed by atoms with Crippen molar-refractivity contribution in [3.63, 3.8) is 0 Å². The molecule has 6 rings (SSSR count). The fourth-order valence-electron chi connectivity index (χ4n) is 6.66. The van der Waals surface area contributed by atoms with Crippen LogP contribution in [0.2, 0.25) is 5.02 Å². The average molecular weight is 438 g/mol. The van der Waals surface area contributed by atoms with Crippen LogP contribution in [0.5, 0.6) is 5.75 Å². The van der Waals surface area contributed by atoms with Gasteiger partial charge >= 0.3 is 5.97 Å². The van der Waals surface area contributed by atoms with Crippen molar-refractivity contribution in [3.05, 3.63) is 52.7 Å². The molecule has 4 aliphatic rings. The lowest BCUT2D eigenvalue weighted by Crippen LogP contribution is -2.48. The van der Waals surface area contributed by atoms with E-state index in [1.54, 1.807) is 31.3 Å². The number of nitrogens with zero attached hydrogens (tertiary/aromatic N) is 1. The van der Waals surface area contributed by atoms with Crippen LogP contribution in [0, 0.1) is 17.8 Å². The molecular weight excluding hydrogens is 410 g/mol. The maximum absolute atomic E-state index is 11.5. The summed E-state index contributed by atoms with van der Waals surface area (Å²) in [5.74, 6) is 2.43. The summed E-state index contributed by atoms with van der Waals surface area (Å²) in [5.41, 5.74) is 3.54. The topological polar surface area (TPSA) is 59.4 Å². The molecule has 5 heteroatoms. The zero-order chi connectivity index (χ0) is 21.6. The van der Waals surface area contributed by atoms with Gasteiger partial charge in [-0.15, -0.1) is 0 Å². The third-order valence-corrected chi connectivity index (χ3v) is 7.73. The Hall–Kier alpha value is -2.33. The summed E-state index contributed by atoms with van der Waals surface area (Å²) >= 11 is 6.58. The van der Waals surface area contributed by atoms with Crippen LogP contribution in [0.4, 0.5) is 0 Å². The standard InChI is InChI=1S/C26H28ClNO3/c1-2-31-24(30)6-3-16-10-22(27)25(28-15-16)20-4-5-23(29)21(11-20)26-12-17-7-18(13-26)9-19(8-17)14-26/h3-6,10-11,15,17-19,29H,2,7-9,12-14H2,1H3/b6-3+. The highest BCUT2D eigenvalue weighted by atomic mass is 35.5. The maximum Gasteiger partial charge on any atom is 0.330 e. The molecule has 162 valence electrons. The van der Waals surface area contributed by atoms with E-state index in [2.05, 4.69) is 11.1 Å². The number of carbonyl (C=O) groups excluding carboxylic acids is 1. The zero-order valence-corrected chi connectivity index (χ0v) is 18.6. The highest BCUT2D eigenvalue weighted by Crippen LogP contribution is 2.62. The molecule has 4 nitrogen and oxygen atoms in total. The summed E-state index contributed by atoms with van der Waals surface area (Å²) in [6.07, 6.45) is 12.4. The van der Waals surface area contributed by atoms with Crippen molar-refractivity contribution >= 4 is 23.6 Å². The van der Waals surface area contributed by atoms with Crippen LogP contribution in [0.3, 0.4) is 0 Å². The van der Waals surface area contributed by atoms with Crippen LogP contribution in [-0.4, -0.2) is 22.7 Å². The highest BCUT2D eigenvalue weighted by molar-refractivity contribution is 6.33. The van der Waals surface area contributed by atoms with Crippen molar-refractivity contribution in [2.24, 2.45) is 17.8 Å². The number of rotatable bonds is 5. The summed E-state index contributed by atoms with van der Waals surface area (Å²) in [6.45, 7) is 2.11. The van der Waals surface area contributed by atoms with Gasteiger partial charge in [0.15, 0.2) is 0 Å². The SMILES string of the molecule is CCOC(=O)/C=C/c1cnc(-c2ccc(O)c(C34CC5CC(CC(C5)C3)C4)c2)c(Cl)c1. The van der Waals surface area contributed by atoms with Crippen LogP contribution in [0.1, 0.15) is 56.6 Å². The summed E-state index contributed by atoms with van der Waals surface area (Å²) in [7, 11) is 0. The first-order valence-corrected chi connectivity index (χ1v) is 11.7. The molecule has 1 aromatic heterocycles. The van der Waals surface area contributed by atoms with Gasteiger partial charge in [0.25, 0.3) is 0 Å². The van der Waals surface area contributed by atoms with Crippen LogP contribution in [0.25, 0.3) is 17.3 Å². The number of carbonyl (C=O) groups is 1. The lowest BCUT2D eigenvalue weighted by Gasteiger charge is -2.57. The number of halogens is 1. The molecule has 1 N–H and O–H groups in total. The molecule has 4 bridgehead atoms. The van der Waals surface area contributed by atoms with Crippen molar-refractivity contribution < 1.29 is 14.6 Å². The van der Waals surface area contributed by atoms with Gasteiger partial charge in [-0.2, -0.15) is 0 Å². The summed E-state index contributed by atoms with van der Waals surface area (Å²) in [5, 5.41) is 11.3. The van der Waals surface area contributed by atoms with Crippen LogP contribution >= 0.6 is 11.6 Å². The van der Waals surface area contributed by atoms with Gasteiger partial charge in [-0.25, -0.2) is 4.79 Å². The number of hydrogen-bond acceptors (Lipinski definition) is 4. The van der Waals surface area contributed by atoms with E-state index in [0.29, 0.717) is 23.1 Å². The van der Waals surface area contributed by atoms with Gasteiger partial charge in [0.2, 0.25) is 0 Å². The van der Waals surface area contributed by atoms with Gasteiger partial charge in [0, 0.05) is 23.4 Å². The highest BCUT2D eigenvalue weighted by Gasteiger charge is 2.52. The molecule has 0 unspecified atom stereocenters. The number of esters is 1. The van der Waals surface area contributed by atoms with Gasteiger partial charge < -0.3 is 9.84 Å². The molecule has 0 spiro atoms. The monoisotopic (exact) mass is 437 g/mol. The van der Waals surface area contributed by atoms with E-state index in [-0.39, 0.29) is 11.4 Å². The second kappa shape index (κ2) is 7.98. The number of phenols is 1. The number of ether oxygens (including phenoxy) is 1. The van der Waals surface area contributed by atoms with Gasteiger partial charge in [0.05, 0.1) is 17.3 Å². The molecule has 0 saturated heterocycles. The Morgan fingerprint density at radius 2 is 1.87 bits per heavy atom. The number of aromatic nitrogens is 1. The van der Waals surface area contributed by atoms with E-state index in [0.717, 1.165) is 34.4 Å². The normalized spacial score (nSPS) is 28.9. The van der Waals surface area contributed by atoms with E-state index in [1.165, 1.54) is 44.6 Å². The molecule has 1 heterocycles. The second-order valence-corrected chi connectivity index (χ2v) is 10.0. The minimum Gasteiger partial charge on any atom is -0.508 e. The predicted molar refractivity (Wildman–Crippen MR) is 122 cm³/mol. The first-order chi connectivity index (χ1) is 15.0. The molecule has 4 saturated carbocycles. The molecule has 4 aliphatic carbocycles. The van der Waals surface area contributed by atoms with Crippen molar-refractivity contribution in [1.29, 1.82) is 0 Å². The van der Waals surface area contributed by atoms with Crippen molar-refractivity contribution in [1.82, 2.24) is 4.98 Å². The fraction of sp³-hybridized carbons (Fsp3) is 0.462. The van der Waals surface area contributed by atoms with Crippen LogP contribution in [0.15, 0.2) is 36.5 Å². The zero-order valence-electron chi connectivity index (χ0n) is 17.8. The number of pyridine rings is 1. The Bertz CT molecular complexity index is 1010. The Morgan fingerprint density at radius 1 is 1.19 bits per heavy atom. The van der Waals surface area contributed by atoms with Gasteiger partial charge in [-0.1, -0.05) is 11.6 Å². The summed E-state index contributed by atoms with van der Waals surface area (Å²) < 4.78 is 4.91. The van der Waals surface area contributed by atoms with E-state index < -0.39 is 0 Å². The third-order valence-electron chi connectivity index (χ3n) is 7.44. The molecular formula is C26H28ClNO3. The second-order valence-electron chi connectivity index (χ2n) is 9.61. The van der Waals surface area contributed by atoms with Gasteiger partial charge in [0.1, 0.15) is 5.75 Å². The minimum absolute atomic E-state index is 0.101. The van der Waals surface area contributed by atoms with Crippen LogP contribution in [-0.2, 0) is 14.9 Å². The summed E-state index contributed by atoms with van der Waals surface area (Å²) in [4.78, 5) is 16.1. The van der Waals surface area contributed by atoms with E-state index in [1.807, 2.05) is 6.07 Å². The smallest absolute Gasteiger partial charge is 0.330 e. The number of phenolic OH excluding ortho intramolecular Hbond substituents is 1. The Labute approximate surface area is 188 Å². The first kappa shape index (κ1) is 20.6. The minimum atomic E-state index is -0.388. The quantitative estimate of drug-likeness (QED) is 0.450. The first-order valence-electron chi connectivity index (χ1n) is 11.3. The van der Waals surface area contributed by atoms with E-state index >= 15 is 0 Å². The molecule has 2 aromatic rings. The third kappa shape index (κ3) is 3.87. The molecule has 4 fully saturated rings. The predicted octanol–water partition coefficient (Wildman–Crippen LogP) is 6.15. The number of benzene rings is 1. The molecule has 0 aliphatic heterocycles.